The zero-order valence-corrected chi connectivity index (χ0v) is 19.2. The van der Waals surface area contributed by atoms with Crippen LogP contribution in [0.3, 0.4) is 0 Å². The summed E-state index contributed by atoms with van der Waals surface area (Å²) >= 11 is 1.74. The number of hydrogen-bond donors (Lipinski definition) is 2. The Morgan fingerprint density at radius 2 is 1.43 bits per heavy atom. The smallest absolute Gasteiger partial charge is 0.303 e. The summed E-state index contributed by atoms with van der Waals surface area (Å²) in [6, 6.07) is 25.0. The normalized spacial score (nSPS) is 9.64. The van der Waals surface area contributed by atoms with Crippen molar-refractivity contribution in [3.05, 3.63) is 77.7 Å². The number of aryl methyl sites for hydroxylation is 1. The van der Waals surface area contributed by atoms with E-state index in [0.717, 1.165) is 6.42 Å². The van der Waals surface area contributed by atoms with Crippen LogP contribution in [-0.4, -0.2) is 25.2 Å². The van der Waals surface area contributed by atoms with E-state index in [1.807, 2.05) is 50.5 Å². The van der Waals surface area contributed by atoms with Gasteiger partial charge in [0.1, 0.15) is 0 Å². The zero-order valence-electron chi connectivity index (χ0n) is 16.2. The van der Waals surface area contributed by atoms with Crippen molar-refractivity contribution < 1.29 is 33.9 Å². The minimum atomic E-state index is -0.734. The second-order valence-electron chi connectivity index (χ2n) is 6.16. The maximum Gasteiger partial charge on any atom is 0.303 e. The second-order valence-corrected chi connectivity index (χ2v) is 7.32. The van der Waals surface area contributed by atoms with E-state index in [-0.39, 0.29) is 30.4 Å². The summed E-state index contributed by atoms with van der Waals surface area (Å²) in [7, 11) is 3.75. The molecule has 3 aromatic rings. The predicted octanol–water partition coefficient (Wildman–Crippen LogP) is 2.61. The molecule has 0 saturated carbocycles. The molecule has 0 amide bonds. The lowest BCUT2D eigenvalue weighted by molar-refractivity contribution is -0.137. The van der Waals surface area contributed by atoms with Crippen LogP contribution in [-0.2, 0) is 11.2 Å². The van der Waals surface area contributed by atoms with Gasteiger partial charge in [-0.15, -0.1) is 0 Å². The average Bonchev–Trinajstić information content (AvgIpc) is 2.69. The zero-order chi connectivity index (χ0) is 19.5. The molecule has 0 aliphatic carbocycles. The topological polar surface area (TPSA) is 49.3 Å². The van der Waals surface area contributed by atoms with Gasteiger partial charge in [0.2, 0.25) is 21.1 Å². The molecular weight excluding hydrogens is 481 g/mol. The Balaban J connectivity index is 0.000000921. The van der Waals surface area contributed by atoms with E-state index in [1.165, 1.54) is 26.4 Å². The van der Waals surface area contributed by atoms with Crippen molar-refractivity contribution in [1.82, 2.24) is 5.32 Å². The van der Waals surface area contributed by atoms with Gasteiger partial charge in [-0.05, 0) is 43.8 Å². The van der Waals surface area contributed by atoms with E-state index in [2.05, 4.69) is 41.7 Å². The molecule has 0 atom stereocenters. The van der Waals surface area contributed by atoms with Crippen LogP contribution in [0.5, 0.6) is 0 Å². The summed E-state index contributed by atoms with van der Waals surface area (Å²) in [6.45, 7) is 0. The average molecular weight is 507 g/mol. The van der Waals surface area contributed by atoms with Crippen molar-refractivity contribution >= 4 is 17.3 Å². The molecule has 0 aliphatic rings. The molecule has 2 N–H and O–H groups in total. The van der Waals surface area contributed by atoms with Crippen molar-refractivity contribution in [2.24, 2.45) is 0 Å². The molecule has 1 heterocycles. The fourth-order valence-corrected chi connectivity index (χ4v) is 3.79. The number of nitrogens with one attached hydrogen (secondary N) is 1. The van der Waals surface area contributed by atoms with Gasteiger partial charge < -0.3 is 34.4 Å². The third kappa shape index (κ3) is 8.04. The largest absolute Gasteiger partial charge is 1.00 e. The van der Waals surface area contributed by atoms with E-state index in [0.29, 0.717) is 6.42 Å². The highest BCUT2D eigenvalue weighted by Crippen LogP contribution is 2.33. The van der Waals surface area contributed by atoms with E-state index in [9.17, 15) is 4.79 Å². The number of rotatable bonds is 6. The van der Waals surface area contributed by atoms with Gasteiger partial charge in [0.25, 0.3) is 0 Å². The molecule has 148 valence electrons. The van der Waals surface area contributed by atoms with E-state index in [4.69, 9.17) is 5.11 Å². The number of benzene rings is 2. The molecule has 5 heteroatoms. The predicted molar refractivity (Wildman–Crippen MR) is 115 cm³/mol. The quantitative estimate of drug-likeness (QED) is 0.399. The van der Waals surface area contributed by atoms with Crippen molar-refractivity contribution in [1.29, 1.82) is 0 Å². The Hall–Kier alpha value is -1.83. The summed E-state index contributed by atoms with van der Waals surface area (Å²) in [4.78, 5) is 13.2. The van der Waals surface area contributed by atoms with Crippen LogP contribution in [0.1, 0.15) is 17.7 Å². The highest BCUT2D eigenvalue weighted by atomic mass is 127. The summed E-state index contributed by atoms with van der Waals surface area (Å²) in [5, 5.41) is 11.6. The van der Waals surface area contributed by atoms with Gasteiger partial charge in [0, 0.05) is 30.5 Å². The van der Waals surface area contributed by atoms with E-state index in [1.54, 1.807) is 11.3 Å². The standard InChI is InChI=1S/C21H18O2S.C2H7N.HI/c22-21(23)13-7-12-19-14-18(16-8-3-1-4-9-16)15-20(24-19)17-10-5-2-6-11-17;1-3-2;/h1-6,8-11,14-15H,7,12-13H2;3H,1-2H3;1H. The fraction of sp³-hybridized carbons (Fsp3) is 0.217. The maximum absolute atomic E-state index is 10.8. The first-order valence-corrected chi connectivity index (χ1v) is 9.84. The van der Waals surface area contributed by atoms with Crippen molar-refractivity contribution in [3.63, 3.8) is 0 Å². The molecule has 0 unspecified atom stereocenters. The van der Waals surface area contributed by atoms with Gasteiger partial charge >= 0.3 is 5.97 Å². The van der Waals surface area contributed by atoms with Crippen LogP contribution in [0.2, 0.25) is 0 Å². The molecule has 0 bridgehead atoms. The molecule has 0 fully saturated rings. The number of carboxylic acids is 1. The minimum absolute atomic E-state index is 0. The first-order chi connectivity index (χ1) is 13.1. The third-order valence-electron chi connectivity index (χ3n) is 3.82. The number of hydrogen-bond acceptors (Lipinski definition) is 2. The molecule has 0 spiro atoms. The molecule has 0 radical (unpaired) electrons. The Morgan fingerprint density at radius 3 is 1.96 bits per heavy atom. The van der Waals surface area contributed by atoms with Crippen LogP contribution < -0.4 is 29.3 Å². The Kier molecular flexibility index (Phi) is 11.6. The van der Waals surface area contributed by atoms with Crippen LogP contribution >= 0.6 is 11.3 Å². The monoisotopic (exact) mass is 507 g/mol. The van der Waals surface area contributed by atoms with Crippen molar-refractivity contribution in [2.75, 3.05) is 14.1 Å². The molecule has 2 aromatic carbocycles. The molecule has 28 heavy (non-hydrogen) atoms. The van der Waals surface area contributed by atoms with E-state index >= 15 is 0 Å². The van der Waals surface area contributed by atoms with Crippen LogP contribution in [0.25, 0.3) is 21.6 Å². The first-order valence-electron chi connectivity index (χ1n) is 9.02. The molecule has 3 nitrogen and oxygen atoms in total. The van der Waals surface area contributed by atoms with Crippen LogP contribution in [0.15, 0.2) is 72.8 Å². The number of carbonyl (C=O) groups is 1. The summed E-state index contributed by atoms with van der Waals surface area (Å²) < 4.78 is 0. The van der Waals surface area contributed by atoms with Crippen molar-refractivity contribution in [2.45, 2.75) is 19.3 Å². The lowest BCUT2D eigenvalue weighted by Crippen LogP contribution is -3.00. The summed E-state index contributed by atoms with van der Waals surface area (Å²) in [5.74, 6) is -0.734. The highest BCUT2D eigenvalue weighted by molar-refractivity contribution is 7.15. The maximum atomic E-state index is 10.8. The van der Waals surface area contributed by atoms with Gasteiger partial charge in [0.05, 0.1) is 0 Å². The number of carboxylic acid groups (broad SMARTS) is 1. The highest BCUT2D eigenvalue weighted by Gasteiger charge is 2.17. The SMILES string of the molecule is CNC.O=C(O)CCCc1cc(-c2ccccc2)cc(-c2ccccc2)[s+]1.[I-]. The van der Waals surface area contributed by atoms with E-state index < -0.39 is 5.97 Å². The van der Waals surface area contributed by atoms with Gasteiger partial charge in [-0.2, -0.15) is 0 Å². The first kappa shape index (κ1) is 24.2. The Bertz CT molecular complexity index is 784. The van der Waals surface area contributed by atoms with Gasteiger partial charge in [0.15, 0.2) is 0 Å². The summed E-state index contributed by atoms with van der Waals surface area (Å²) in [6.07, 6.45) is 1.67. The number of halogens is 1. The molecule has 0 aliphatic heterocycles. The summed E-state index contributed by atoms with van der Waals surface area (Å²) in [5.41, 5.74) is 3.56. The lowest BCUT2D eigenvalue weighted by Gasteiger charge is -2.02. The fourth-order valence-electron chi connectivity index (χ4n) is 2.64. The van der Waals surface area contributed by atoms with Crippen molar-refractivity contribution in [3.8, 4) is 21.6 Å². The lowest BCUT2D eigenvalue weighted by atomic mass is 10.0. The second kappa shape index (κ2) is 13.4. The van der Waals surface area contributed by atoms with Crippen LogP contribution in [0, 0.1) is 0 Å². The Labute approximate surface area is 188 Å². The number of aliphatic carboxylic acids is 1. The van der Waals surface area contributed by atoms with Gasteiger partial charge in [-0.1, -0.05) is 48.5 Å². The third-order valence-corrected chi connectivity index (χ3v) is 4.98. The van der Waals surface area contributed by atoms with Gasteiger partial charge in [-0.3, -0.25) is 4.79 Å². The molecule has 3 rings (SSSR count). The minimum Gasteiger partial charge on any atom is -1.00 e. The molecule has 1 aromatic heterocycles. The molecular formula is C23H26INO2S. The van der Waals surface area contributed by atoms with Gasteiger partial charge in [-0.25, -0.2) is 0 Å². The Morgan fingerprint density at radius 1 is 0.893 bits per heavy atom. The van der Waals surface area contributed by atoms with Crippen LogP contribution in [0.4, 0.5) is 0 Å². The molecule has 0 saturated heterocycles.